The van der Waals surface area contributed by atoms with Crippen molar-refractivity contribution in [2.24, 2.45) is 0 Å². The number of anilines is 1. The Hall–Kier alpha value is -2.42. The molecule has 1 unspecified atom stereocenters. The molecule has 174 valence electrons. The van der Waals surface area contributed by atoms with Gasteiger partial charge in [0, 0.05) is 39.4 Å². The summed E-state index contributed by atoms with van der Waals surface area (Å²) < 4.78 is 26.6. The molecule has 0 aromatic heterocycles. The van der Waals surface area contributed by atoms with Gasteiger partial charge in [-0.1, -0.05) is 30.3 Å². The molecule has 0 spiro atoms. The first-order valence-electron chi connectivity index (χ1n) is 11.0. The van der Waals surface area contributed by atoms with Crippen LogP contribution in [-0.4, -0.2) is 71.4 Å². The van der Waals surface area contributed by atoms with E-state index in [0.717, 1.165) is 37.2 Å². The predicted octanol–water partition coefficient (Wildman–Crippen LogP) is 2.96. The van der Waals surface area contributed by atoms with Gasteiger partial charge in [0.2, 0.25) is 10.0 Å². The van der Waals surface area contributed by atoms with Crippen LogP contribution >= 0.6 is 0 Å². The monoisotopic (exact) mass is 458 g/mol. The van der Waals surface area contributed by atoms with E-state index >= 15 is 0 Å². The van der Waals surface area contributed by atoms with Crippen molar-refractivity contribution in [2.75, 3.05) is 52.7 Å². The van der Waals surface area contributed by atoms with Crippen molar-refractivity contribution in [3.8, 4) is 0 Å². The number of sulfonamides is 1. The van der Waals surface area contributed by atoms with Crippen LogP contribution < -0.4 is 10.2 Å². The molecule has 0 saturated carbocycles. The number of hydrogen-bond acceptors (Lipinski definition) is 5. The summed E-state index contributed by atoms with van der Waals surface area (Å²) in [4.78, 5) is 17.7. The predicted molar refractivity (Wildman–Crippen MR) is 129 cm³/mol. The second-order valence-electron chi connectivity index (χ2n) is 8.61. The van der Waals surface area contributed by atoms with E-state index in [9.17, 15) is 13.2 Å². The van der Waals surface area contributed by atoms with Gasteiger partial charge in [0.05, 0.1) is 16.5 Å². The van der Waals surface area contributed by atoms with Crippen LogP contribution in [0.1, 0.15) is 41.2 Å². The molecule has 1 aliphatic rings. The lowest BCUT2D eigenvalue weighted by atomic mass is 10.0. The van der Waals surface area contributed by atoms with Gasteiger partial charge in [-0.25, -0.2) is 12.7 Å². The highest BCUT2D eigenvalue weighted by molar-refractivity contribution is 7.89. The highest BCUT2D eigenvalue weighted by atomic mass is 32.2. The first-order valence-corrected chi connectivity index (χ1v) is 12.5. The van der Waals surface area contributed by atoms with Crippen LogP contribution in [0.15, 0.2) is 53.4 Å². The van der Waals surface area contributed by atoms with Crippen molar-refractivity contribution >= 4 is 21.6 Å². The van der Waals surface area contributed by atoms with Gasteiger partial charge in [-0.05, 0) is 57.1 Å². The largest absolute Gasteiger partial charge is 0.371 e. The van der Waals surface area contributed by atoms with Gasteiger partial charge in [0.1, 0.15) is 0 Å². The van der Waals surface area contributed by atoms with E-state index in [2.05, 4.69) is 15.1 Å². The number of nitrogens with zero attached hydrogens (tertiary/aromatic N) is 3. The van der Waals surface area contributed by atoms with Crippen LogP contribution in [0.2, 0.25) is 0 Å². The standard InChI is InChI=1S/C24H34N4O3S/c1-26(2)23(19-11-7-5-8-12-19)18-25-24(29)21-17-20(32(30,31)27(3)4)13-14-22(21)28-15-9-6-10-16-28/h5,7-8,11-14,17,23H,6,9-10,15-16,18H2,1-4H3,(H,25,29). The normalized spacial score (nSPS) is 15.8. The third-order valence-corrected chi connectivity index (χ3v) is 7.76. The number of amides is 1. The van der Waals surface area contributed by atoms with Crippen molar-refractivity contribution in [3.63, 3.8) is 0 Å². The quantitative estimate of drug-likeness (QED) is 0.659. The third-order valence-electron chi connectivity index (χ3n) is 5.95. The maximum absolute atomic E-state index is 13.4. The third kappa shape index (κ3) is 5.49. The zero-order valence-corrected chi connectivity index (χ0v) is 20.2. The number of benzene rings is 2. The summed E-state index contributed by atoms with van der Waals surface area (Å²) >= 11 is 0. The molecule has 1 atom stereocenters. The summed E-state index contributed by atoms with van der Waals surface area (Å²) in [5, 5.41) is 3.05. The van der Waals surface area contributed by atoms with E-state index in [0.29, 0.717) is 12.1 Å². The van der Waals surface area contributed by atoms with Crippen molar-refractivity contribution in [2.45, 2.75) is 30.2 Å². The topological polar surface area (TPSA) is 73.0 Å². The number of rotatable bonds is 8. The number of piperidine rings is 1. The maximum atomic E-state index is 13.4. The van der Waals surface area contributed by atoms with Gasteiger partial charge in [-0.2, -0.15) is 0 Å². The molecular formula is C24H34N4O3S. The number of carbonyl (C=O) groups is 1. The van der Waals surface area contributed by atoms with Gasteiger partial charge in [0.15, 0.2) is 0 Å². The van der Waals surface area contributed by atoms with E-state index in [1.54, 1.807) is 12.1 Å². The van der Waals surface area contributed by atoms with Crippen molar-refractivity contribution in [3.05, 3.63) is 59.7 Å². The van der Waals surface area contributed by atoms with E-state index in [-0.39, 0.29) is 16.8 Å². The van der Waals surface area contributed by atoms with E-state index < -0.39 is 10.0 Å². The number of hydrogen-bond donors (Lipinski definition) is 1. The minimum absolute atomic E-state index is 0.00674. The summed E-state index contributed by atoms with van der Waals surface area (Å²) in [5.74, 6) is -0.260. The van der Waals surface area contributed by atoms with Crippen LogP contribution in [0.5, 0.6) is 0 Å². The molecule has 1 amide bonds. The Morgan fingerprint density at radius 2 is 1.66 bits per heavy atom. The molecule has 3 rings (SSSR count). The molecule has 1 fully saturated rings. The number of carbonyl (C=O) groups excluding carboxylic acids is 1. The molecule has 1 aliphatic heterocycles. The van der Waals surface area contributed by atoms with Gasteiger partial charge < -0.3 is 15.1 Å². The molecule has 0 aliphatic carbocycles. The summed E-state index contributed by atoms with van der Waals surface area (Å²) in [7, 11) is 3.31. The Morgan fingerprint density at radius 3 is 2.25 bits per heavy atom. The second-order valence-corrected chi connectivity index (χ2v) is 10.8. The van der Waals surface area contributed by atoms with Gasteiger partial charge in [-0.15, -0.1) is 0 Å². The lowest BCUT2D eigenvalue weighted by Gasteiger charge is -2.31. The Bertz CT molecular complexity index is 1020. The van der Waals surface area contributed by atoms with E-state index in [4.69, 9.17) is 0 Å². The van der Waals surface area contributed by atoms with Crippen LogP contribution in [0.25, 0.3) is 0 Å². The van der Waals surface area contributed by atoms with Crippen LogP contribution in [0, 0.1) is 0 Å². The number of nitrogens with one attached hydrogen (secondary N) is 1. The van der Waals surface area contributed by atoms with E-state index in [1.165, 1.54) is 30.9 Å². The fourth-order valence-corrected chi connectivity index (χ4v) is 4.97. The SMILES string of the molecule is CN(C)C(CNC(=O)c1cc(S(=O)(=O)N(C)C)ccc1N1CCCCC1)c1ccccc1. The average molecular weight is 459 g/mol. The van der Waals surface area contributed by atoms with Gasteiger partial charge in [-0.3, -0.25) is 4.79 Å². The van der Waals surface area contributed by atoms with Gasteiger partial charge >= 0.3 is 0 Å². The number of likely N-dealkylation sites (N-methyl/N-ethyl adjacent to an activating group) is 1. The molecule has 1 N–H and O–H groups in total. The second kappa shape index (κ2) is 10.5. The Labute approximate surface area is 192 Å². The molecule has 1 heterocycles. The molecule has 8 heteroatoms. The molecule has 0 bridgehead atoms. The zero-order valence-electron chi connectivity index (χ0n) is 19.4. The van der Waals surface area contributed by atoms with Crippen molar-refractivity contribution in [1.29, 1.82) is 0 Å². The smallest absolute Gasteiger partial charge is 0.253 e. The molecule has 0 radical (unpaired) electrons. The summed E-state index contributed by atoms with van der Waals surface area (Å²) in [6.07, 6.45) is 3.30. The van der Waals surface area contributed by atoms with Crippen molar-refractivity contribution < 1.29 is 13.2 Å². The fraction of sp³-hybridized carbons (Fsp3) is 0.458. The molecule has 1 saturated heterocycles. The Balaban J connectivity index is 1.91. The van der Waals surface area contributed by atoms with Crippen LogP contribution in [0.4, 0.5) is 5.69 Å². The Kier molecular flexibility index (Phi) is 7.92. The molecule has 2 aromatic rings. The summed E-state index contributed by atoms with van der Waals surface area (Å²) in [6.45, 7) is 2.15. The molecule has 32 heavy (non-hydrogen) atoms. The molecular weight excluding hydrogens is 424 g/mol. The first kappa shape index (κ1) is 24.2. The zero-order chi connectivity index (χ0) is 23.3. The lowest BCUT2D eigenvalue weighted by Crippen LogP contribution is -2.36. The highest BCUT2D eigenvalue weighted by Gasteiger charge is 2.25. The van der Waals surface area contributed by atoms with E-state index in [1.807, 2.05) is 44.4 Å². The minimum atomic E-state index is -3.64. The summed E-state index contributed by atoms with van der Waals surface area (Å²) in [5.41, 5.74) is 2.31. The Morgan fingerprint density at radius 1 is 1.00 bits per heavy atom. The highest BCUT2D eigenvalue weighted by Crippen LogP contribution is 2.28. The maximum Gasteiger partial charge on any atom is 0.253 e. The van der Waals surface area contributed by atoms with Crippen LogP contribution in [-0.2, 0) is 10.0 Å². The fourth-order valence-electron chi connectivity index (χ4n) is 4.04. The van der Waals surface area contributed by atoms with Crippen LogP contribution in [0.3, 0.4) is 0 Å². The lowest BCUT2D eigenvalue weighted by molar-refractivity contribution is 0.0942. The summed E-state index contributed by atoms with van der Waals surface area (Å²) in [6, 6.07) is 14.9. The average Bonchev–Trinajstić information content (AvgIpc) is 2.79. The first-order chi connectivity index (χ1) is 15.2. The van der Waals surface area contributed by atoms with Gasteiger partial charge in [0.25, 0.3) is 5.91 Å². The van der Waals surface area contributed by atoms with Crippen molar-refractivity contribution in [1.82, 2.24) is 14.5 Å². The minimum Gasteiger partial charge on any atom is -0.371 e. The molecule has 2 aromatic carbocycles. The molecule has 7 nitrogen and oxygen atoms in total.